The van der Waals surface area contributed by atoms with Crippen LogP contribution in [0, 0.1) is 0 Å². The van der Waals surface area contributed by atoms with E-state index in [0.717, 1.165) is 12.1 Å². The summed E-state index contributed by atoms with van der Waals surface area (Å²) in [6.07, 6.45) is 1.04. The first-order valence-electron chi connectivity index (χ1n) is 8.17. The zero-order valence-electron chi connectivity index (χ0n) is 14.5. The zero-order valence-corrected chi connectivity index (χ0v) is 15.4. The van der Waals surface area contributed by atoms with Crippen molar-refractivity contribution < 1.29 is 13.2 Å². The molecular weight excluding hydrogens is 336 g/mol. The number of nitrogens with one attached hydrogen (secondary N) is 1. The van der Waals surface area contributed by atoms with Crippen LogP contribution in [0.25, 0.3) is 0 Å². The summed E-state index contributed by atoms with van der Waals surface area (Å²) in [7, 11) is -3.76. The van der Waals surface area contributed by atoms with Gasteiger partial charge in [-0.15, -0.1) is 0 Å². The Morgan fingerprint density at radius 1 is 1.16 bits per heavy atom. The summed E-state index contributed by atoms with van der Waals surface area (Å²) in [5, 5.41) is 8.05. The second kappa shape index (κ2) is 5.97. The highest BCUT2D eigenvalue weighted by Gasteiger charge is 2.36. The van der Waals surface area contributed by atoms with E-state index in [4.69, 9.17) is 5.14 Å². The van der Waals surface area contributed by atoms with Crippen molar-refractivity contribution in [3.8, 4) is 0 Å². The molecule has 1 amide bonds. The summed E-state index contributed by atoms with van der Waals surface area (Å²) in [5.74, 6) is 0.0949. The number of nitrogens with two attached hydrogens (primary N) is 1. The van der Waals surface area contributed by atoms with Crippen molar-refractivity contribution in [2.24, 2.45) is 5.14 Å². The van der Waals surface area contributed by atoms with Crippen molar-refractivity contribution in [1.29, 1.82) is 0 Å². The van der Waals surface area contributed by atoms with Gasteiger partial charge in [-0.3, -0.25) is 4.79 Å². The van der Waals surface area contributed by atoms with Gasteiger partial charge >= 0.3 is 0 Å². The third kappa shape index (κ3) is 3.32. The van der Waals surface area contributed by atoms with Crippen LogP contribution in [-0.2, 0) is 15.4 Å². The minimum Gasteiger partial charge on any atom is -0.322 e. The minimum absolute atomic E-state index is 0.0139. The van der Waals surface area contributed by atoms with Crippen LogP contribution in [0.3, 0.4) is 0 Å². The number of sulfonamides is 1. The van der Waals surface area contributed by atoms with E-state index in [1.807, 2.05) is 12.1 Å². The molecule has 0 fully saturated rings. The number of hydrogen-bond acceptors (Lipinski definition) is 3. The molecule has 0 spiro atoms. The van der Waals surface area contributed by atoms with E-state index in [0.29, 0.717) is 11.5 Å². The van der Waals surface area contributed by atoms with Crippen LogP contribution in [0.2, 0.25) is 0 Å². The molecule has 2 aromatic carbocycles. The van der Waals surface area contributed by atoms with Crippen molar-refractivity contribution in [2.45, 2.75) is 43.4 Å². The van der Waals surface area contributed by atoms with Crippen LogP contribution in [0.15, 0.2) is 47.4 Å². The van der Waals surface area contributed by atoms with Crippen molar-refractivity contribution in [3.63, 3.8) is 0 Å². The summed E-state index contributed by atoms with van der Waals surface area (Å²) in [5.41, 5.74) is 3.74. The Balaban J connectivity index is 1.89. The van der Waals surface area contributed by atoms with Gasteiger partial charge in [0.25, 0.3) is 5.91 Å². The largest absolute Gasteiger partial charge is 0.322 e. The maximum Gasteiger partial charge on any atom is 0.255 e. The van der Waals surface area contributed by atoms with Gasteiger partial charge in [-0.25, -0.2) is 13.6 Å². The summed E-state index contributed by atoms with van der Waals surface area (Å²) in [6.45, 7) is 6.60. The Morgan fingerprint density at radius 3 is 2.40 bits per heavy atom. The fourth-order valence-corrected chi connectivity index (χ4v) is 4.28. The highest BCUT2D eigenvalue weighted by Crippen LogP contribution is 2.48. The molecule has 0 radical (unpaired) electrons. The van der Waals surface area contributed by atoms with Crippen molar-refractivity contribution >= 4 is 21.6 Å². The predicted molar refractivity (Wildman–Crippen MR) is 98.3 cm³/mol. The first-order chi connectivity index (χ1) is 11.6. The normalized spacial score (nSPS) is 18.6. The third-order valence-corrected chi connectivity index (χ3v) is 5.77. The number of amides is 1. The summed E-state index contributed by atoms with van der Waals surface area (Å²) in [6, 6.07) is 11.6. The number of anilines is 1. The molecule has 3 N–H and O–H groups in total. The van der Waals surface area contributed by atoms with Gasteiger partial charge in [0.05, 0.1) is 4.90 Å². The summed E-state index contributed by atoms with van der Waals surface area (Å²) < 4.78 is 22.6. The number of hydrogen-bond donors (Lipinski definition) is 2. The number of benzene rings is 2. The monoisotopic (exact) mass is 358 g/mol. The van der Waals surface area contributed by atoms with E-state index in [1.165, 1.54) is 35.4 Å². The van der Waals surface area contributed by atoms with Crippen molar-refractivity contribution in [2.75, 3.05) is 5.32 Å². The Labute approximate surface area is 148 Å². The van der Waals surface area contributed by atoms with Crippen LogP contribution in [-0.4, -0.2) is 14.3 Å². The Bertz CT molecular complexity index is 932. The van der Waals surface area contributed by atoms with Gasteiger partial charge in [0.2, 0.25) is 10.0 Å². The van der Waals surface area contributed by atoms with Gasteiger partial charge in [0.15, 0.2) is 0 Å². The molecule has 25 heavy (non-hydrogen) atoms. The molecule has 132 valence electrons. The van der Waals surface area contributed by atoms with Crippen LogP contribution in [0.1, 0.15) is 54.6 Å². The molecule has 0 aliphatic heterocycles. The predicted octanol–water partition coefficient (Wildman–Crippen LogP) is 3.37. The molecule has 0 aromatic heterocycles. The van der Waals surface area contributed by atoms with Crippen LogP contribution < -0.4 is 10.5 Å². The molecule has 1 aliphatic rings. The average Bonchev–Trinajstić information content (AvgIpc) is 2.77. The van der Waals surface area contributed by atoms with E-state index in [-0.39, 0.29) is 16.2 Å². The zero-order chi connectivity index (χ0) is 18.4. The number of carbonyl (C=O) groups excluding carboxylic acids is 1. The Morgan fingerprint density at radius 2 is 1.80 bits per heavy atom. The van der Waals surface area contributed by atoms with E-state index in [9.17, 15) is 13.2 Å². The lowest BCUT2D eigenvalue weighted by molar-refractivity contribution is 0.102. The van der Waals surface area contributed by atoms with Gasteiger partial charge in [-0.1, -0.05) is 32.9 Å². The van der Waals surface area contributed by atoms with Crippen LogP contribution in [0.5, 0.6) is 0 Å². The van der Waals surface area contributed by atoms with E-state index < -0.39 is 10.0 Å². The van der Waals surface area contributed by atoms with Crippen LogP contribution in [0.4, 0.5) is 5.69 Å². The smallest absolute Gasteiger partial charge is 0.255 e. The standard InChI is InChI=1S/C19H22N2O3S/c1-12-11-19(2,3)15-5-4-6-16(17(12)15)21-18(22)13-7-9-14(10-8-13)25(20,23)24/h4-10,12H,11H2,1-3H3,(H,21,22)(H2,20,23,24). The van der Waals surface area contributed by atoms with E-state index >= 15 is 0 Å². The molecule has 5 nitrogen and oxygen atoms in total. The van der Waals surface area contributed by atoms with E-state index in [2.05, 4.69) is 32.2 Å². The molecule has 0 bridgehead atoms. The van der Waals surface area contributed by atoms with Gasteiger partial charge in [0.1, 0.15) is 0 Å². The topological polar surface area (TPSA) is 89.3 Å². The third-order valence-electron chi connectivity index (χ3n) is 4.84. The number of primary sulfonamides is 1. The second-order valence-corrected chi connectivity index (χ2v) is 8.84. The van der Waals surface area contributed by atoms with Gasteiger partial charge < -0.3 is 5.32 Å². The average molecular weight is 358 g/mol. The second-order valence-electron chi connectivity index (χ2n) is 7.28. The van der Waals surface area contributed by atoms with E-state index in [1.54, 1.807) is 0 Å². The molecule has 3 rings (SSSR count). The SMILES string of the molecule is CC1CC(C)(C)c2cccc(NC(=O)c3ccc(S(N)(=O)=O)cc3)c21. The minimum atomic E-state index is -3.76. The number of rotatable bonds is 3. The summed E-state index contributed by atoms with van der Waals surface area (Å²) in [4.78, 5) is 12.5. The maximum atomic E-state index is 12.6. The first kappa shape index (κ1) is 17.6. The lowest BCUT2D eigenvalue weighted by Crippen LogP contribution is -2.16. The fraction of sp³-hybridized carbons (Fsp3) is 0.316. The molecule has 0 saturated heterocycles. The number of fused-ring (bicyclic) bond motifs is 1. The molecule has 0 heterocycles. The fourth-order valence-electron chi connectivity index (χ4n) is 3.76. The van der Waals surface area contributed by atoms with Gasteiger partial charge in [0, 0.05) is 11.3 Å². The molecule has 1 atom stereocenters. The Hall–Kier alpha value is -2.18. The lowest BCUT2D eigenvalue weighted by atomic mass is 9.86. The molecular formula is C19H22N2O3S. The Kier molecular flexibility index (Phi) is 4.21. The van der Waals surface area contributed by atoms with Crippen LogP contribution >= 0.6 is 0 Å². The number of carbonyl (C=O) groups is 1. The highest BCUT2D eigenvalue weighted by molar-refractivity contribution is 7.89. The lowest BCUT2D eigenvalue weighted by Gasteiger charge is -2.19. The molecule has 0 saturated carbocycles. The quantitative estimate of drug-likeness (QED) is 0.881. The molecule has 2 aromatic rings. The van der Waals surface area contributed by atoms with Gasteiger partial charge in [-0.2, -0.15) is 0 Å². The summed E-state index contributed by atoms with van der Waals surface area (Å²) >= 11 is 0. The maximum absolute atomic E-state index is 12.6. The molecule has 1 unspecified atom stereocenters. The van der Waals surface area contributed by atoms with Crippen molar-refractivity contribution in [3.05, 3.63) is 59.2 Å². The molecule has 1 aliphatic carbocycles. The van der Waals surface area contributed by atoms with Crippen molar-refractivity contribution in [1.82, 2.24) is 0 Å². The molecule has 6 heteroatoms. The van der Waals surface area contributed by atoms with Gasteiger partial charge in [-0.05, 0) is 59.2 Å². The first-order valence-corrected chi connectivity index (χ1v) is 9.72. The highest BCUT2D eigenvalue weighted by atomic mass is 32.2.